The van der Waals surface area contributed by atoms with Gasteiger partial charge in [0.15, 0.2) is 5.65 Å². The average molecular weight is 427 g/mol. The van der Waals surface area contributed by atoms with Crippen LogP contribution in [-0.2, 0) is 10.9 Å². The summed E-state index contributed by atoms with van der Waals surface area (Å²) in [6.45, 7) is 3.88. The maximum atomic E-state index is 12.9. The molecule has 2 atom stereocenters. The molecule has 156 valence electrons. The Morgan fingerprint density at radius 2 is 2.00 bits per heavy atom. The fourth-order valence-electron chi connectivity index (χ4n) is 3.25. The van der Waals surface area contributed by atoms with Crippen LogP contribution in [0, 0.1) is 0 Å². The number of aliphatic hydroxyl groups is 1. The van der Waals surface area contributed by atoms with E-state index in [9.17, 15) is 18.3 Å². The molecule has 4 rings (SSSR count). The highest BCUT2D eigenvalue weighted by atomic mass is 32.1. The summed E-state index contributed by atoms with van der Waals surface area (Å²) in [6, 6.07) is 3.51. The van der Waals surface area contributed by atoms with Gasteiger partial charge in [-0.05, 0) is 38.8 Å². The quantitative estimate of drug-likeness (QED) is 0.662. The van der Waals surface area contributed by atoms with Crippen LogP contribution < -0.4 is 5.32 Å². The van der Waals surface area contributed by atoms with Crippen molar-refractivity contribution in [2.24, 2.45) is 0 Å². The van der Waals surface area contributed by atoms with Crippen molar-refractivity contribution >= 4 is 22.8 Å². The SMILES string of the molecule is CC(C)(O)[C@@H]1CC[C@@H](Nc2ccc3ncc(-c4ncc(C(F)(F)F)s4)n3n2)CO1. The van der Waals surface area contributed by atoms with Crippen molar-refractivity contribution in [1.29, 1.82) is 0 Å². The molecule has 1 aliphatic heterocycles. The molecule has 3 aromatic heterocycles. The van der Waals surface area contributed by atoms with E-state index in [0.29, 0.717) is 41.5 Å². The van der Waals surface area contributed by atoms with E-state index in [-0.39, 0.29) is 17.2 Å². The highest BCUT2D eigenvalue weighted by molar-refractivity contribution is 7.15. The summed E-state index contributed by atoms with van der Waals surface area (Å²) < 4.78 is 45.9. The largest absolute Gasteiger partial charge is 0.427 e. The van der Waals surface area contributed by atoms with E-state index in [1.165, 1.54) is 10.7 Å². The zero-order valence-corrected chi connectivity index (χ0v) is 16.6. The highest BCUT2D eigenvalue weighted by Crippen LogP contribution is 2.36. The van der Waals surface area contributed by atoms with E-state index >= 15 is 0 Å². The summed E-state index contributed by atoms with van der Waals surface area (Å²) in [5.74, 6) is 0.555. The predicted molar refractivity (Wildman–Crippen MR) is 102 cm³/mol. The lowest BCUT2D eigenvalue weighted by Crippen LogP contribution is -2.45. The second kappa shape index (κ2) is 7.22. The third-order valence-electron chi connectivity index (χ3n) is 4.78. The van der Waals surface area contributed by atoms with Crippen molar-refractivity contribution in [1.82, 2.24) is 19.6 Å². The molecule has 0 radical (unpaired) electrons. The van der Waals surface area contributed by atoms with E-state index in [1.807, 2.05) is 0 Å². The fourth-order valence-corrected chi connectivity index (χ4v) is 4.03. The van der Waals surface area contributed by atoms with Gasteiger partial charge < -0.3 is 15.2 Å². The van der Waals surface area contributed by atoms with Gasteiger partial charge in [-0.3, -0.25) is 0 Å². The van der Waals surface area contributed by atoms with Crippen LogP contribution in [0.5, 0.6) is 0 Å². The van der Waals surface area contributed by atoms with Gasteiger partial charge in [0.05, 0.1) is 36.7 Å². The number of nitrogens with one attached hydrogen (secondary N) is 1. The first-order chi connectivity index (χ1) is 13.6. The van der Waals surface area contributed by atoms with Gasteiger partial charge in [-0.1, -0.05) is 0 Å². The third kappa shape index (κ3) is 4.21. The molecular weight excluding hydrogens is 407 g/mol. The molecule has 1 saturated heterocycles. The normalized spacial score (nSPS) is 20.9. The molecule has 0 spiro atoms. The highest BCUT2D eigenvalue weighted by Gasteiger charge is 2.34. The second-order valence-corrected chi connectivity index (χ2v) is 8.58. The number of ether oxygens (including phenoxy) is 1. The average Bonchev–Trinajstić information content (AvgIpc) is 3.27. The van der Waals surface area contributed by atoms with Crippen molar-refractivity contribution in [3.05, 3.63) is 29.4 Å². The number of nitrogens with zero attached hydrogens (tertiary/aromatic N) is 4. The van der Waals surface area contributed by atoms with Gasteiger partial charge in [0.1, 0.15) is 21.4 Å². The number of halogens is 3. The number of hydrogen-bond acceptors (Lipinski definition) is 7. The summed E-state index contributed by atoms with van der Waals surface area (Å²) in [5.41, 5.74) is 0.0130. The van der Waals surface area contributed by atoms with Gasteiger partial charge in [-0.2, -0.15) is 13.2 Å². The zero-order chi connectivity index (χ0) is 20.8. The van der Waals surface area contributed by atoms with Crippen molar-refractivity contribution in [2.75, 3.05) is 11.9 Å². The van der Waals surface area contributed by atoms with Crippen LogP contribution >= 0.6 is 11.3 Å². The smallest absolute Gasteiger partial charge is 0.388 e. The van der Waals surface area contributed by atoms with E-state index in [0.717, 1.165) is 12.6 Å². The lowest BCUT2D eigenvalue weighted by atomic mass is 9.93. The number of imidazole rings is 1. The van der Waals surface area contributed by atoms with Crippen molar-refractivity contribution in [3.63, 3.8) is 0 Å². The Morgan fingerprint density at radius 3 is 2.62 bits per heavy atom. The number of fused-ring (bicyclic) bond motifs is 1. The maximum Gasteiger partial charge on any atom is 0.427 e. The molecule has 0 bridgehead atoms. The van der Waals surface area contributed by atoms with E-state index in [2.05, 4.69) is 20.4 Å². The third-order valence-corrected chi connectivity index (χ3v) is 5.85. The number of aromatic nitrogens is 4. The van der Waals surface area contributed by atoms with Crippen molar-refractivity contribution in [2.45, 2.75) is 50.6 Å². The Bertz CT molecular complexity index is 1000. The van der Waals surface area contributed by atoms with Crippen molar-refractivity contribution < 1.29 is 23.0 Å². The Hall–Kier alpha value is -2.24. The Balaban J connectivity index is 1.53. The van der Waals surface area contributed by atoms with Gasteiger partial charge in [0.25, 0.3) is 0 Å². The van der Waals surface area contributed by atoms with Crippen LogP contribution in [0.4, 0.5) is 19.0 Å². The standard InChI is InChI=1S/C18H20F3N5O2S/c1-17(2,27)12-4-3-10(9-28-12)24-14-5-6-15-22-7-11(26(15)25-14)16-23-8-13(29-16)18(19,20)21/h5-8,10,12,27H,3-4,9H2,1-2H3,(H,24,25)/t10-,12+/m1/s1. The van der Waals surface area contributed by atoms with E-state index in [4.69, 9.17) is 4.74 Å². The van der Waals surface area contributed by atoms with E-state index < -0.39 is 16.7 Å². The number of thiazole rings is 1. The summed E-state index contributed by atoms with van der Waals surface area (Å²) in [7, 11) is 0. The molecule has 0 aliphatic carbocycles. The summed E-state index contributed by atoms with van der Waals surface area (Å²) >= 11 is 0.555. The van der Waals surface area contributed by atoms with Gasteiger partial charge in [-0.15, -0.1) is 16.4 Å². The number of alkyl halides is 3. The van der Waals surface area contributed by atoms with Crippen LogP contribution in [0.2, 0.25) is 0 Å². The minimum Gasteiger partial charge on any atom is -0.388 e. The van der Waals surface area contributed by atoms with Crippen LogP contribution in [0.15, 0.2) is 24.5 Å². The number of hydrogen-bond donors (Lipinski definition) is 2. The van der Waals surface area contributed by atoms with Crippen LogP contribution in [0.3, 0.4) is 0 Å². The summed E-state index contributed by atoms with van der Waals surface area (Å²) in [4.78, 5) is 7.32. The molecule has 0 saturated carbocycles. The second-order valence-electron chi connectivity index (χ2n) is 7.55. The molecule has 7 nitrogen and oxygen atoms in total. The Labute approximate surface area is 168 Å². The first-order valence-electron chi connectivity index (χ1n) is 9.10. The molecule has 0 amide bonds. The predicted octanol–water partition coefficient (Wildman–Crippen LogP) is 3.60. The monoisotopic (exact) mass is 427 g/mol. The summed E-state index contributed by atoms with van der Waals surface area (Å²) in [6.07, 6.45) is -0.865. The molecule has 3 aromatic rings. The lowest BCUT2D eigenvalue weighted by Gasteiger charge is -2.36. The zero-order valence-electron chi connectivity index (χ0n) is 15.8. The topological polar surface area (TPSA) is 84.6 Å². The maximum absolute atomic E-state index is 12.9. The lowest BCUT2D eigenvalue weighted by molar-refractivity contribution is -0.134. The van der Waals surface area contributed by atoms with E-state index in [1.54, 1.807) is 26.0 Å². The molecule has 11 heteroatoms. The molecule has 1 fully saturated rings. The minimum atomic E-state index is -4.43. The fraction of sp³-hybridized carbons (Fsp3) is 0.500. The first kappa shape index (κ1) is 20.0. The summed E-state index contributed by atoms with van der Waals surface area (Å²) in [5, 5.41) is 18.0. The Kier molecular flexibility index (Phi) is 4.99. The minimum absolute atomic E-state index is 0.0159. The van der Waals surface area contributed by atoms with Crippen LogP contribution in [0.1, 0.15) is 31.6 Å². The molecule has 0 unspecified atom stereocenters. The van der Waals surface area contributed by atoms with Crippen LogP contribution in [-0.4, -0.2) is 49.0 Å². The van der Waals surface area contributed by atoms with Crippen molar-refractivity contribution in [3.8, 4) is 10.7 Å². The molecular formula is C18H20F3N5O2S. The van der Waals surface area contributed by atoms with Gasteiger partial charge in [0, 0.05) is 0 Å². The first-order valence-corrected chi connectivity index (χ1v) is 9.91. The number of anilines is 1. The molecule has 1 aliphatic rings. The molecule has 0 aromatic carbocycles. The molecule has 2 N–H and O–H groups in total. The van der Waals surface area contributed by atoms with Gasteiger partial charge in [0.2, 0.25) is 0 Å². The molecule has 29 heavy (non-hydrogen) atoms. The van der Waals surface area contributed by atoms with Gasteiger partial charge >= 0.3 is 6.18 Å². The Morgan fingerprint density at radius 1 is 1.21 bits per heavy atom. The van der Waals surface area contributed by atoms with Crippen LogP contribution in [0.25, 0.3) is 16.3 Å². The molecule has 4 heterocycles. The van der Waals surface area contributed by atoms with Gasteiger partial charge in [-0.25, -0.2) is 14.5 Å². The number of rotatable bonds is 4.